The van der Waals surface area contributed by atoms with Gasteiger partial charge in [-0.1, -0.05) is 12.2 Å². The Morgan fingerprint density at radius 1 is 0.875 bits per heavy atom. The van der Waals surface area contributed by atoms with Crippen molar-refractivity contribution in [1.82, 2.24) is 0 Å². The fraction of sp³-hybridized carbons (Fsp3) is 0.667. The second-order valence-corrected chi connectivity index (χ2v) is 5.17. The van der Waals surface area contributed by atoms with Gasteiger partial charge in [0.05, 0.1) is 11.8 Å². The third kappa shape index (κ3) is 1.05. The average molecular weight is 222 g/mol. The molecule has 86 valence electrons. The monoisotopic (exact) mass is 222 g/mol. The summed E-state index contributed by atoms with van der Waals surface area (Å²) in [6.07, 6.45) is 6.02. The van der Waals surface area contributed by atoms with Crippen molar-refractivity contribution in [3.05, 3.63) is 12.2 Å². The average Bonchev–Trinajstić information content (AvgIpc) is 2.15. The summed E-state index contributed by atoms with van der Waals surface area (Å²) in [7, 11) is 0. The lowest BCUT2D eigenvalue weighted by molar-refractivity contribution is -0.170. The van der Waals surface area contributed by atoms with Crippen LogP contribution in [0.2, 0.25) is 0 Å². The van der Waals surface area contributed by atoms with E-state index in [4.69, 9.17) is 0 Å². The van der Waals surface area contributed by atoms with Gasteiger partial charge in [-0.15, -0.1) is 0 Å². The zero-order valence-corrected chi connectivity index (χ0v) is 8.74. The molecule has 4 aliphatic rings. The second kappa shape index (κ2) is 3.09. The number of hydrogen-bond donors (Lipinski definition) is 2. The Labute approximate surface area is 93.0 Å². The highest BCUT2D eigenvalue weighted by Crippen LogP contribution is 2.59. The molecule has 0 aromatic heterocycles. The van der Waals surface area contributed by atoms with Crippen molar-refractivity contribution in [2.45, 2.75) is 12.8 Å². The van der Waals surface area contributed by atoms with Crippen molar-refractivity contribution in [3.8, 4) is 0 Å². The molecule has 0 amide bonds. The largest absolute Gasteiger partial charge is 0.481 e. The molecule has 0 spiro atoms. The molecule has 2 bridgehead atoms. The van der Waals surface area contributed by atoms with Crippen molar-refractivity contribution >= 4 is 11.9 Å². The van der Waals surface area contributed by atoms with Gasteiger partial charge in [0.1, 0.15) is 0 Å². The van der Waals surface area contributed by atoms with Gasteiger partial charge in [0.25, 0.3) is 0 Å². The molecule has 4 nitrogen and oxygen atoms in total. The van der Waals surface area contributed by atoms with Crippen LogP contribution in [0.4, 0.5) is 0 Å². The maximum absolute atomic E-state index is 11.2. The number of allylic oxidation sites excluding steroid dienone is 2. The number of carboxylic acids is 2. The van der Waals surface area contributed by atoms with Crippen LogP contribution in [-0.2, 0) is 9.59 Å². The second-order valence-electron chi connectivity index (χ2n) is 5.17. The first-order valence-corrected chi connectivity index (χ1v) is 5.75. The lowest BCUT2D eigenvalue weighted by Crippen LogP contribution is -2.56. The Hall–Kier alpha value is -1.32. The van der Waals surface area contributed by atoms with Crippen LogP contribution >= 0.6 is 0 Å². The minimum Gasteiger partial charge on any atom is -0.481 e. The first-order valence-electron chi connectivity index (χ1n) is 5.75. The molecule has 0 aromatic carbocycles. The lowest BCUT2D eigenvalue weighted by atomic mass is 9.46. The van der Waals surface area contributed by atoms with Crippen LogP contribution < -0.4 is 0 Å². The van der Waals surface area contributed by atoms with E-state index in [0.717, 1.165) is 12.8 Å². The molecule has 0 unspecified atom stereocenters. The third-order valence-electron chi connectivity index (χ3n) is 4.71. The Kier molecular flexibility index (Phi) is 1.91. The highest BCUT2D eigenvalue weighted by Gasteiger charge is 2.59. The van der Waals surface area contributed by atoms with Gasteiger partial charge < -0.3 is 10.2 Å². The molecule has 4 heteroatoms. The first-order chi connectivity index (χ1) is 7.61. The fourth-order valence-electron chi connectivity index (χ4n) is 3.94. The number of fused-ring (bicyclic) bond motifs is 1. The summed E-state index contributed by atoms with van der Waals surface area (Å²) in [5.74, 6) is -2.58. The molecule has 2 saturated carbocycles. The number of aliphatic carboxylic acids is 2. The highest BCUT2D eigenvalue weighted by molar-refractivity contribution is 5.82. The number of hydrogen-bond acceptors (Lipinski definition) is 2. The molecule has 2 fully saturated rings. The maximum atomic E-state index is 11.2. The van der Waals surface area contributed by atoms with Crippen molar-refractivity contribution < 1.29 is 19.8 Å². The summed E-state index contributed by atoms with van der Waals surface area (Å²) < 4.78 is 0. The lowest BCUT2D eigenvalue weighted by Gasteiger charge is -2.56. The minimum absolute atomic E-state index is 0.0534. The third-order valence-corrected chi connectivity index (χ3v) is 4.71. The SMILES string of the molecule is O=C(O)[C@@H]1[C@H]2C=C[C@@H]([C@H]3CC[C@H]23)[C@@H]1C(=O)O. The Bertz CT molecular complexity index is 350. The maximum Gasteiger partial charge on any atom is 0.308 e. The van der Waals surface area contributed by atoms with E-state index in [-0.39, 0.29) is 11.8 Å². The van der Waals surface area contributed by atoms with Crippen molar-refractivity contribution in [1.29, 1.82) is 0 Å². The van der Waals surface area contributed by atoms with Crippen LogP contribution in [0.5, 0.6) is 0 Å². The van der Waals surface area contributed by atoms with Gasteiger partial charge in [-0.2, -0.15) is 0 Å². The number of carboxylic acid groups (broad SMARTS) is 2. The van der Waals surface area contributed by atoms with Crippen LogP contribution in [-0.4, -0.2) is 22.2 Å². The van der Waals surface area contributed by atoms with Crippen LogP contribution in [0.25, 0.3) is 0 Å². The zero-order valence-electron chi connectivity index (χ0n) is 8.74. The first kappa shape index (κ1) is 9.87. The van der Waals surface area contributed by atoms with Crippen molar-refractivity contribution in [2.75, 3.05) is 0 Å². The molecule has 2 N–H and O–H groups in total. The molecule has 0 aromatic rings. The van der Waals surface area contributed by atoms with Gasteiger partial charge in [0, 0.05) is 0 Å². The molecular weight excluding hydrogens is 208 g/mol. The Balaban J connectivity index is 2.02. The topological polar surface area (TPSA) is 74.6 Å². The molecular formula is C12H14O4. The predicted molar refractivity (Wildman–Crippen MR) is 54.6 cm³/mol. The molecule has 0 radical (unpaired) electrons. The van der Waals surface area contributed by atoms with Crippen LogP contribution in [0.15, 0.2) is 12.2 Å². The summed E-state index contributed by atoms with van der Waals surface area (Å²) in [4.78, 5) is 22.5. The van der Waals surface area contributed by atoms with E-state index >= 15 is 0 Å². The van der Waals surface area contributed by atoms with Gasteiger partial charge in [-0.3, -0.25) is 9.59 Å². The molecule has 16 heavy (non-hydrogen) atoms. The molecule has 0 saturated heterocycles. The standard InChI is InChI=1S/C12H14O4/c13-11(14)9-7-3-4-8(10(9)12(15)16)6-2-1-5(6)7/h3-10H,1-2H2,(H,13,14)(H,15,16)/t5-,6-,7-,8-,9-,10+/m0/s1. The van der Waals surface area contributed by atoms with E-state index in [0.29, 0.717) is 11.8 Å². The Morgan fingerprint density at radius 3 is 1.50 bits per heavy atom. The van der Waals surface area contributed by atoms with Gasteiger partial charge in [0.15, 0.2) is 0 Å². The summed E-state index contributed by atoms with van der Waals surface area (Å²) in [5, 5.41) is 18.4. The Morgan fingerprint density at radius 2 is 1.25 bits per heavy atom. The van der Waals surface area contributed by atoms with Crippen molar-refractivity contribution in [3.63, 3.8) is 0 Å². The zero-order chi connectivity index (χ0) is 11.4. The molecule has 0 aliphatic heterocycles. The highest BCUT2D eigenvalue weighted by atomic mass is 16.4. The predicted octanol–water partition coefficient (Wildman–Crippen LogP) is 1.23. The van der Waals surface area contributed by atoms with Gasteiger partial charge >= 0.3 is 11.9 Å². The fourth-order valence-corrected chi connectivity index (χ4v) is 3.94. The summed E-state index contributed by atoms with van der Waals surface area (Å²) in [6.45, 7) is 0. The quantitative estimate of drug-likeness (QED) is 0.689. The molecule has 0 heterocycles. The summed E-state index contributed by atoms with van der Waals surface area (Å²) >= 11 is 0. The summed E-state index contributed by atoms with van der Waals surface area (Å²) in [5.41, 5.74) is 0. The minimum atomic E-state index is -0.947. The van der Waals surface area contributed by atoms with Gasteiger partial charge in [0.2, 0.25) is 0 Å². The van der Waals surface area contributed by atoms with E-state index in [1.807, 2.05) is 12.2 Å². The molecule has 6 atom stereocenters. The number of rotatable bonds is 2. The van der Waals surface area contributed by atoms with E-state index in [1.165, 1.54) is 0 Å². The normalized spacial score (nSPS) is 48.2. The van der Waals surface area contributed by atoms with Gasteiger partial charge in [-0.25, -0.2) is 0 Å². The smallest absolute Gasteiger partial charge is 0.308 e. The summed E-state index contributed by atoms with van der Waals surface area (Å²) in [6, 6.07) is 0. The molecule has 4 aliphatic carbocycles. The van der Waals surface area contributed by atoms with E-state index < -0.39 is 23.8 Å². The van der Waals surface area contributed by atoms with Crippen LogP contribution in [0.1, 0.15) is 12.8 Å². The van der Waals surface area contributed by atoms with Crippen molar-refractivity contribution in [2.24, 2.45) is 35.5 Å². The van der Waals surface area contributed by atoms with Crippen LogP contribution in [0, 0.1) is 35.5 Å². The van der Waals surface area contributed by atoms with Gasteiger partial charge in [-0.05, 0) is 36.5 Å². The van der Waals surface area contributed by atoms with E-state index in [2.05, 4.69) is 0 Å². The van der Waals surface area contributed by atoms with Crippen LogP contribution in [0.3, 0.4) is 0 Å². The molecule has 4 rings (SSSR count). The van der Waals surface area contributed by atoms with E-state index in [1.54, 1.807) is 0 Å². The van der Waals surface area contributed by atoms with E-state index in [9.17, 15) is 19.8 Å². The number of carbonyl (C=O) groups is 2.